The number of aromatic hydroxyl groups is 1. The highest BCUT2D eigenvalue weighted by atomic mass is 16.3. The third kappa shape index (κ3) is 4.89. The van der Waals surface area contributed by atoms with Crippen molar-refractivity contribution in [3.05, 3.63) is 29.3 Å². The van der Waals surface area contributed by atoms with Crippen molar-refractivity contribution in [1.82, 2.24) is 10.2 Å². The van der Waals surface area contributed by atoms with E-state index in [4.69, 9.17) is 0 Å². The molecule has 1 amide bonds. The van der Waals surface area contributed by atoms with E-state index in [1.807, 2.05) is 19.0 Å². The molecule has 0 heterocycles. The van der Waals surface area contributed by atoms with Crippen LogP contribution in [0.3, 0.4) is 0 Å². The number of nitrogens with zero attached hydrogens (tertiary/aromatic N) is 1. The van der Waals surface area contributed by atoms with E-state index in [2.05, 4.69) is 5.32 Å². The zero-order valence-electron chi connectivity index (χ0n) is 11.9. The summed E-state index contributed by atoms with van der Waals surface area (Å²) >= 11 is 0. The molecule has 19 heavy (non-hydrogen) atoms. The lowest BCUT2D eigenvalue weighted by Gasteiger charge is -2.27. The molecule has 5 heteroatoms. The van der Waals surface area contributed by atoms with Crippen molar-refractivity contribution in [3.8, 4) is 5.75 Å². The van der Waals surface area contributed by atoms with Crippen molar-refractivity contribution >= 4 is 5.91 Å². The molecule has 0 saturated heterocycles. The molecule has 0 aliphatic heterocycles. The standard InChI is InChI=1S/C14H22N2O3/c1-10-7-11(17)5-6-12(10)13(18)15-8-14(2,19)9-16(3)4/h5-7,17,19H,8-9H2,1-4H3,(H,15,18). The molecule has 5 nitrogen and oxygen atoms in total. The van der Waals surface area contributed by atoms with Gasteiger partial charge in [0.25, 0.3) is 5.91 Å². The Morgan fingerprint density at radius 1 is 1.42 bits per heavy atom. The van der Waals surface area contributed by atoms with Gasteiger partial charge in [-0.3, -0.25) is 4.79 Å². The van der Waals surface area contributed by atoms with Gasteiger partial charge in [-0.1, -0.05) is 0 Å². The zero-order chi connectivity index (χ0) is 14.6. The van der Waals surface area contributed by atoms with Crippen LogP contribution in [0.25, 0.3) is 0 Å². The summed E-state index contributed by atoms with van der Waals surface area (Å²) < 4.78 is 0. The first-order valence-corrected chi connectivity index (χ1v) is 6.16. The van der Waals surface area contributed by atoms with Gasteiger partial charge in [0.1, 0.15) is 5.75 Å². The van der Waals surface area contributed by atoms with Crippen LogP contribution in [0.5, 0.6) is 5.75 Å². The highest BCUT2D eigenvalue weighted by Crippen LogP contribution is 2.15. The Morgan fingerprint density at radius 3 is 2.58 bits per heavy atom. The molecule has 106 valence electrons. The van der Waals surface area contributed by atoms with Crippen molar-refractivity contribution in [2.75, 3.05) is 27.2 Å². The summed E-state index contributed by atoms with van der Waals surface area (Å²) in [6.07, 6.45) is 0. The van der Waals surface area contributed by atoms with Crippen LogP contribution >= 0.6 is 0 Å². The van der Waals surface area contributed by atoms with Gasteiger partial charge in [0.05, 0.1) is 5.60 Å². The van der Waals surface area contributed by atoms with Crippen LogP contribution in [0, 0.1) is 6.92 Å². The van der Waals surface area contributed by atoms with Gasteiger partial charge in [-0.2, -0.15) is 0 Å². The van der Waals surface area contributed by atoms with E-state index in [0.717, 1.165) is 0 Å². The molecule has 0 saturated carbocycles. The number of phenolic OH excluding ortho intramolecular Hbond substituents is 1. The number of aliphatic hydroxyl groups is 1. The third-order valence-electron chi connectivity index (χ3n) is 2.74. The Bertz CT molecular complexity index is 456. The summed E-state index contributed by atoms with van der Waals surface area (Å²) in [5.74, 6) is -0.120. The number of rotatable bonds is 5. The SMILES string of the molecule is Cc1cc(O)ccc1C(=O)NCC(C)(O)CN(C)C. The maximum absolute atomic E-state index is 12.0. The number of nitrogens with one attached hydrogen (secondary N) is 1. The van der Waals surface area contributed by atoms with Crippen molar-refractivity contribution < 1.29 is 15.0 Å². The normalized spacial score (nSPS) is 14.2. The molecule has 0 fully saturated rings. The van der Waals surface area contributed by atoms with Crippen LogP contribution in [0.1, 0.15) is 22.8 Å². The van der Waals surface area contributed by atoms with E-state index >= 15 is 0 Å². The largest absolute Gasteiger partial charge is 0.508 e. The highest BCUT2D eigenvalue weighted by Gasteiger charge is 2.22. The highest BCUT2D eigenvalue weighted by molar-refractivity contribution is 5.95. The molecule has 0 aromatic heterocycles. The first kappa shape index (κ1) is 15.5. The van der Waals surface area contributed by atoms with Gasteiger partial charge < -0.3 is 20.4 Å². The monoisotopic (exact) mass is 266 g/mol. The first-order chi connectivity index (χ1) is 8.71. The minimum Gasteiger partial charge on any atom is -0.508 e. The second-order valence-corrected chi connectivity index (χ2v) is 5.42. The van der Waals surface area contributed by atoms with Gasteiger partial charge in [0.2, 0.25) is 0 Å². The lowest BCUT2D eigenvalue weighted by Crippen LogP contribution is -2.47. The Labute approximate surface area is 113 Å². The van der Waals surface area contributed by atoms with Crippen molar-refractivity contribution in [2.45, 2.75) is 19.4 Å². The number of amides is 1. The second kappa shape index (κ2) is 6.04. The Balaban J connectivity index is 2.65. The van der Waals surface area contributed by atoms with Gasteiger partial charge in [-0.15, -0.1) is 0 Å². The number of aryl methyl sites for hydroxylation is 1. The summed E-state index contributed by atoms with van der Waals surface area (Å²) in [6, 6.07) is 4.58. The van der Waals surface area contributed by atoms with Crippen LogP contribution in [0.15, 0.2) is 18.2 Å². The fourth-order valence-corrected chi connectivity index (χ4v) is 2.01. The zero-order valence-corrected chi connectivity index (χ0v) is 11.9. The van der Waals surface area contributed by atoms with Crippen LogP contribution in [-0.4, -0.2) is 53.8 Å². The Hall–Kier alpha value is -1.59. The molecule has 1 rings (SSSR count). The number of hydrogen-bond acceptors (Lipinski definition) is 4. The molecule has 0 aliphatic carbocycles. The lowest BCUT2D eigenvalue weighted by atomic mass is 10.1. The molecule has 3 N–H and O–H groups in total. The van der Waals surface area contributed by atoms with Crippen LogP contribution in [-0.2, 0) is 0 Å². The van der Waals surface area contributed by atoms with Crippen LogP contribution in [0.2, 0.25) is 0 Å². The maximum atomic E-state index is 12.0. The van der Waals surface area contributed by atoms with Gasteiger partial charge in [-0.05, 0) is 51.7 Å². The molecule has 1 unspecified atom stereocenters. The predicted octanol–water partition coefficient (Wildman–Crippen LogP) is 0.743. The summed E-state index contributed by atoms with van der Waals surface area (Å²) in [4.78, 5) is 13.9. The summed E-state index contributed by atoms with van der Waals surface area (Å²) in [5, 5.41) is 22.1. The van der Waals surface area contributed by atoms with Gasteiger partial charge in [-0.25, -0.2) is 0 Å². The number of benzene rings is 1. The number of carbonyl (C=O) groups excluding carboxylic acids is 1. The predicted molar refractivity (Wildman–Crippen MR) is 74.4 cm³/mol. The fourth-order valence-electron chi connectivity index (χ4n) is 2.01. The maximum Gasteiger partial charge on any atom is 0.251 e. The topological polar surface area (TPSA) is 72.8 Å². The van der Waals surface area contributed by atoms with Crippen molar-refractivity contribution in [3.63, 3.8) is 0 Å². The number of likely N-dealkylation sites (N-methyl/N-ethyl adjacent to an activating group) is 1. The van der Waals surface area contributed by atoms with Crippen LogP contribution < -0.4 is 5.32 Å². The van der Waals surface area contributed by atoms with E-state index in [1.165, 1.54) is 12.1 Å². The Morgan fingerprint density at radius 2 is 2.05 bits per heavy atom. The van der Waals surface area contributed by atoms with E-state index in [-0.39, 0.29) is 18.2 Å². The van der Waals surface area contributed by atoms with Crippen molar-refractivity contribution in [1.29, 1.82) is 0 Å². The third-order valence-corrected chi connectivity index (χ3v) is 2.74. The number of phenols is 1. The fraction of sp³-hybridized carbons (Fsp3) is 0.500. The average molecular weight is 266 g/mol. The molecule has 0 aliphatic rings. The first-order valence-electron chi connectivity index (χ1n) is 6.16. The van der Waals surface area contributed by atoms with E-state index < -0.39 is 5.60 Å². The molecule has 1 atom stereocenters. The minimum atomic E-state index is -0.982. The van der Waals surface area contributed by atoms with E-state index in [0.29, 0.717) is 17.7 Å². The van der Waals surface area contributed by atoms with Gasteiger partial charge >= 0.3 is 0 Å². The average Bonchev–Trinajstić information content (AvgIpc) is 2.24. The number of carbonyl (C=O) groups is 1. The lowest BCUT2D eigenvalue weighted by molar-refractivity contribution is 0.0326. The molecule has 0 radical (unpaired) electrons. The van der Waals surface area contributed by atoms with Gasteiger partial charge in [0, 0.05) is 18.7 Å². The quantitative estimate of drug-likeness (QED) is 0.735. The van der Waals surface area contributed by atoms with Gasteiger partial charge in [0.15, 0.2) is 0 Å². The molecule has 1 aromatic rings. The second-order valence-electron chi connectivity index (χ2n) is 5.42. The van der Waals surface area contributed by atoms with Crippen molar-refractivity contribution in [2.24, 2.45) is 0 Å². The molecule has 0 spiro atoms. The smallest absolute Gasteiger partial charge is 0.251 e. The molecule has 0 bridgehead atoms. The summed E-state index contributed by atoms with van der Waals surface area (Å²) in [5.41, 5.74) is 0.215. The van der Waals surface area contributed by atoms with E-state index in [9.17, 15) is 15.0 Å². The molecular formula is C14H22N2O3. The molecule has 1 aromatic carbocycles. The Kier molecular flexibility index (Phi) is 4.91. The summed E-state index contributed by atoms with van der Waals surface area (Å²) in [7, 11) is 3.72. The number of hydrogen-bond donors (Lipinski definition) is 3. The minimum absolute atomic E-state index is 0.133. The summed E-state index contributed by atoms with van der Waals surface area (Å²) in [6.45, 7) is 4.07. The molecular weight excluding hydrogens is 244 g/mol. The van der Waals surface area contributed by atoms with E-state index in [1.54, 1.807) is 19.9 Å². The van der Waals surface area contributed by atoms with Crippen LogP contribution in [0.4, 0.5) is 0 Å².